The van der Waals surface area contributed by atoms with Gasteiger partial charge >= 0.3 is 37.1 Å². The third-order valence-electron chi connectivity index (χ3n) is 11.4. The Hall–Kier alpha value is -4.16. The van der Waals surface area contributed by atoms with Crippen molar-refractivity contribution in [3.63, 3.8) is 0 Å². The van der Waals surface area contributed by atoms with Gasteiger partial charge in [0.25, 0.3) is 0 Å². The van der Waals surface area contributed by atoms with E-state index < -0.39 is 68.3 Å². The normalized spacial score (nSPS) is 15.2. The zero-order valence-electron chi connectivity index (χ0n) is 41.1. The van der Waals surface area contributed by atoms with Crippen molar-refractivity contribution in [2.24, 2.45) is 0 Å². The van der Waals surface area contributed by atoms with Crippen molar-refractivity contribution in [1.29, 1.82) is 0 Å². The number of benzene rings is 2. The SMILES string of the molecule is CC(C)(C)OC(=O)N1CCC(c2nc(-c3cc(Br)c(C(F)(F)F)c(OC(F)(F)F)c3)c(Cl)s2)CC1.CCOC(=O)Cc1nc(CC(=O)N2CCC(c3nc(-c4cc(Br)c(C(F)(F)F)c(OC(F)(F)F)c4)c(Cl)s3)CC2)sc1C. The smallest absolute Gasteiger partial charge is 0.466 e. The summed E-state index contributed by atoms with van der Waals surface area (Å²) in [7, 11) is 0. The summed E-state index contributed by atoms with van der Waals surface area (Å²) in [4.78, 5) is 54.4. The summed E-state index contributed by atoms with van der Waals surface area (Å²) in [6, 6.07) is 3.24. The van der Waals surface area contributed by atoms with Gasteiger partial charge in [-0.15, -0.1) is 60.4 Å². The summed E-state index contributed by atoms with van der Waals surface area (Å²) < 4.78 is 174. The fraction of sp³-hybridized carbons (Fsp3) is 0.489. The molecule has 0 unspecified atom stereocenters. The number of likely N-dealkylation sites (tertiary alicyclic amines) is 2. The number of hydrogen-bond donors (Lipinski definition) is 0. The monoisotopic (exact) mass is 1340 g/mol. The van der Waals surface area contributed by atoms with E-state index in [0.717, 1.165) is 39.7 Å². The number of amides is 2. The molecule has 0 bridgehead atoms. The van der Waals surface area contributed by atoms with Gasteiger partial charge in [0, 0.05) is 63.0 Å². The van der Waals surface area contributed by atoms with E-state index >= 15 is 0 Å². The van der Waals surface area contributed by atoms with Crippen molar-refractivity contribution in [2.75, 3.05) is 32.8 Å². The van der Waals surface area contributed by atoms with Crippen molar-refractivity contribution in [2.45, 2.75) is 116 Å². The van der Waals surface area contributed by atoms with Crippen LogP contribution in [0.5, 0.6) is 11.5 Å². The molecule has 0 aliphatic carbocycles. The lowest BCUT2D eigenvalue weighted by atomic mass is 9.97. The molecular weight excluding hydrogens is 1300 g/mol. The first-order chi connectivity index (χ1) is 36.0. The molecule has 78 heavy (non-hydrogen) atoms. The van der Waals surface area contributed by atoms with Gasteiger partial charge in [-0.1, -0.05) is 55.1 Å². The van der Waals surface area contributed by atoms with Gasteiger partial charge in [-0.2, -0.15) is 26.3 Å². The van der Waals surface area contributed by atoms with Crippen molar-refractivity contribution >= 4 is 107 Å². The lowest BCUT2D eigenvalue weighted by Crippen LogP contribution is -2.41. The Morgan fingerprint density at radius 2 is 1.08 bits per heavy atom. The summed E-state index contributed by atoms with van der Waals surface area (Å²) in [5.74, 6) is -3.56. The number of halogens is 16. The summed E-state index contributed by atoms with van der Waals surface area (Å²) in [6.07, 6.45) is -19.1. The fourth-order valence-corrected chi connectivity index (χ4v) is 13.1. The van der Waals surface area contributed by atoms with Crippen LogP contribution in [0.15, 0.2) is 33.2 Å². The standard InChI is InChI=1S/C26H23BrClF6N3O4S2.C21H20BrClF6N2O3S/c1-3-40-20(39)10-16-12(2)42-18(35-16)11-19(38)37-6-4-13(5-7-37)24-36-22(23(28)43-24)14-8-15(27)21(25(29,30)31)17(9-14)41-26(32,33)34;1-19(2,3)34-18(32)31-6-4-10(5-7-31)17-30-15(16(23)35-17)11-8-12(22)14(20(24,25)26)13(9-11)33-21(27,28)29/h8-9,13H,3-7,10-11H2,1-2H3;8-10H,4-7H2,1-3H3. The molecule has 5 heterocycles. The predicted octanol–water partition coefficient (Wildman–Crippen LogP) is 16.2. The van der Waals surface area contributed by atoms with Gasteiger partial charge in [0.15, 0.2) is 0 Å². The first-order valence-corrected chi connectivity index (χ1v) is 27.8. The molecule has 5 aromatic rings. The van der Waals surface area contributed by atoms with Crippen LogP contribution in [0, 0.1) is 6.92 Å². The number of aryl methyl sites for hydroxylation is 1. The van der Waals surface area contributed by atoms with Gasteiger partial charge in [0.05, 0.1) is 35.2 Å². The van der Waals surface area contributed by atoms with Crippen molar-refractivity contribution in [3.05, 3.63) is 78.6 Å². The summed E-state index contributed by atoms with van der Waals surface area (Å²) in [5, 5.41) is 1.72. The summed E-state index contributed by atoms with van der Waals surface area (Å²) >= 11 is 21.6. The quantitative estimate of drug-likeness (QED) is 0.0929. The molecule has 3 aromatic heterocycles. The molecule has 7 rings (SSSR count). The molecule has 0 saturated carbocycles. The molecule has 2 fully saturated rings. The number of hydrogen-bond acceptors (Lipinski definition) is 13. The van der Waals surface area contributed by atoms with E-state index in [1.54, 1.807) is 37.5 Å². The maximum atomic E-state index is 13.5. The van der Waals surface area contributed by atoms with Crippen LogP contribution in [0.1, 0.15) is 102 Å². The molecule has 0 spiro atoms. The largest absolute Gasteiger partial charge is 0.573 e. The fourth-order valence-electron chi connectivity index (χ4n) is 8.06. The Kier molecular flexibility index (Phi) is 20.1. The number of piperidine rings is 2. The van der Waals surface area contributed by atoms with Crippen LogP contribution in [0.3, 0.4) is 0 Å². The number of thiazole rings is 3. The van der Waals surface area contributed by atoms with Crippen LogP contribution >= 0.6 is 89.1 Å². The zero-order valence-corrected chi connectivity index (χ0v) is 48.2. The maximum absolute atomic E-state index is 13.5. The number of nitrogens with zero attached hydrogens (tertiary/aromatic N) is 5. The third-order valence-corrected chi connectivity index (χ3v) is 16.5. The molecule has 0 N–H and O–H groups in total. The Balaban J connectivity index is 0.000000258. The minimum absolute atomic E-state index is 0.0272. The number of rotatable bonds is 11. The van der Waals surface area contributed by atoms with Crippen LogP contribution in [0.25, 0.3) is 22.5 Å². The Morgan fingerprint density at radius 1 is 0.654 bits per heavy atom. The molecule has 31 heteroatoms. The zero-order chi connectivity index (χ0) is 58.0. The second-order valence-electron chi connectivity index (χ2n) is 18.3. The minimum atomic E-state index is -5.36. The van der Waals surface area contributed by atoms with Crippen molar-refractivity contribution in [3.8, 4) is 34.0 Å². The van der Waals surface area contributed by atoms with Crippen LogP contribution in [-0.4, -0.2) is 93.8 Å². The topological polar surface area (TPSA) is 133 Å². The number of ether oxygens (including phenoxy) is 4. The van der Waals surface area contributed by atoms with Crippen molar-refractivity contribution in [1.82, 2.24) is 24.8 Å². The summed E-state index contributed by atoms with van der Waals surface area (Å²) in [6.45, 7) is 10.7. The van der Waals surface area contributed by atoms with Gasteiger partial charge in [0.2, 0.25) is 5.91 Å². The molecule has 12 nitrogen and oxygen atoms in total. The maximum Gasteiger partial charge on any atom is 0.573 e. The Labute approximate surface area is 476 Å². The van der Waals surface area contributed by atoms with Gasteiger partial charge in [-0.25, -0.2) is 19.7 Å². The van der Waals surface area contributed by atoms with Crippen LogP contribution in [-0.2, 0) is 44.3 Å². The number of esters is 1. The minimum Gasteiger partial charge on any atom is -0.466 e. The molecule has 2 aromatic carbocycles. The van der Waals surface area contributed by atoms with Gasteiger partial charge < -0.3 is 28.7 Å². The number of carbonyl (C=O) groups excluding carboxylic acids is 3. The van der Waals surface area contributed by atoms with E-state index in [4.69, 9.17) is 32.7 Å². The first-order valence-electron chi connectivity index (χ1n) is 23.0. The van der Waals surface area contributed by atoms with E-state index in [1.165, 1.54) is 11.3 Å². The van der Waals surface area contributed by atoms with E-state index in [-0.39, 0.29) is 74.3 Å². The highest BCUT2D eigenvalue weighted by Crippen LogP contribution is 2.49. The first kappa shape index (κ1) is 63.0. The second-order valence-corrected chi connectivity index (χ2v) is 24.5. The average molecular weight is 1340 g/mol. The Bertz CT molecular complexity index is 2980. The molecule has 2 amide bonds. The van der Waals surface area contributed by atoms with E-state index in [1.807, 2.05) is 6.92 Å². The summed E-state index contributed by atoms with van der Waals surface area (Å²) in [5.41, 5.74) is -3.33. The highest BCUT2D eigenvalue weighted by Gasteiger charge is 2.44. The molecule has 2 aliphatic heterocycles. The molecular formula is C47H43Br2Cl2F12N5O7S3. The lowest BCUT2D eigenvalue weighted by Gasteiger charge is -2.32. The molecule has 0 atom stereocenters. The molecule has 0 radical (unpaired) electrons. The highest BCUT2D eigenvalue weighted by molar-refractivity contribution is 9.10. The Morgan fingerprint density at radius 3 is 1.46 bits per heavy atom. The van der Waals surface area contributed by atoms with Crippen LogP contribution in [0.2, 0.25) is 8.67 Å². The second kappa shape index (κ2) is 24.9. The average Bonchev–Trinajstić information content (AvgIpc) is 4.00. The molecule has 2 saturated heterocycles. The number of carbonyl (C=O) groups is 3. The van der Waals surface area contributed by atoms with Gasteiger partial charge in [-0.3, -0.25) is 9.59 Å². The van der Waals surface area contributed by atoms with Crippen LogP contribution < -0.4 is 9.47 Å². The molecule has 428 valence electrons. The van der Waals surface area contributed by atoms with E-state index in [9.17, 15) is 67.1 Å². The van der Waals surface area contributed by atoms with Gasteiger partial charge in [0.1, 0.15) is 53.3 Å². The predicted molar refractivity (Wildman–Crippen MR) is 273 cm³/mol. The number of alkyl halides is 12. The lowest BCUT2D eigenvalue weighted by molar-refractivity contribution is -0.277. The molecule has 2 aliphatic rings. The van der Waals surface area contributed by atoms with Crippen molar-refractivity contribution < 1.29 is 86.0 Å². The van der Waals surface area contributed by atoms with E-state index in [0.29, 0.717) is 84.7 Å². The number of aromatic nitrogens is 3. The highest BCUT2D eigenvalue weighted by atomic mass is 79.9. The third kappa shape index (κ3) is 17.0. The van der Waals surface area contributed by atoms with Gasteiger partial charge in [-0.05, 0) is 84.6 Å². The van der Waals surface area contributed by atoms with Crippen LogP contribution in [0.4, 0.5) is 57.5 Å². The van der Waals surface area contributed by atoms with E-state index in [2.05, 4.69) is 56.3 Å².